The molecule has 0 aliphatic rings. The molecule has 6 heteroatoms. The third-order valence-electron chi connectivity index (χ3n) is 3.39. The van der Waals surface area contributed by atoms with Gasteiger partial charge in [0.2, 0.25) is 0 Å². The Labute approximate surface area is 140 Å². The Balaban J connectivity index is 1.70. The minimum atomic E-state index is -0.318. The number of ether oxygens (including phenoxy) is 1. The maximum atomic E-state index is 12.4. The monoisotopic (exact) mass is 322 g/mol. The number of aromatic nitrogens is 3. The molecule has 0 spiro atoms. The zero-order valence-electron chi connectivity index (χ0n) is 13.3. The Morgan fingerprint density at radius 3 is 2.67 bits per heavy atom. The van der Waals surface area contributed by atoms with E-state index in [9.17, 15) is 4.79 Å². The molecule has 24 heavy (non-hydrogen) atoms. The van der Waals surface area contributed by atoms with Crippen LogP contribution in [0.5, 0.6) is 5.75 Å². The molecule has 0 radical (unpaired) electrons. The number of anilines is 1. The quantitative estimate of drug-likeness (QED) is 0.757. The molecule has 0 unspecified atom stereocenters. The van der Waals surface area contributed by atoms with Crippen molar-refractivity contribution < 1.29 is 9.53 Å². The summed E-state index contributed by atoms with van der Waals surface area (Å²) in [4.78, 5) is 12.4. The Morgan fingerprint density at radius 2 is 1.88 bits per heavy atom. The van der Waals surface area contributed by atoms with E-state index < -0.39 is 0 Å². The van der Waals surface area contributed by atoms with E-state index in [1.165, 1.54) is 0 Å². The van der Waals surface area contributed by atoms with Gasteiger partial charge in [0.15, 0.2) is 5.69 Å². The molecular formula is C18H18N4O2. The molecule has 1 amide bonds. The summed E-state index contributed by atoms with van der Waals surface area (Å²) >= 11 is 0. The smallest absolute Gasteiger partial charge is 0.277 e. The number of carbonyl (C=O) groups is 1. The average Bonchev–Trinajstić information content (AvgIpc) is 3.06. The highest BCUT2D eigenvalue weighted by molar-refractivity contribution is 6.03. The Morgan fingerprint density at radius 1 is 1.12 bits per heavy atom. The molecule has 3 rings (SSSR count). The van der Waals surface area contributed by atoms with Gasteiger partial charge in [0.25, 0.3) is 5.91 Å². The number of nitrogens with one attached hydrogen (secondary N) is 1. The van der Waals surface area contributed by atoms with E-state index in [1.807, 2.05) is 55.5 Å². The standard InChI is InChI=1S/C18H18N4O2/c1-2-24-17-11-7-6-10-15(17)19-18(23)16-13-22(21-20-16)12-14-8-4-3-5-9-14/h3-11,13H,2,12H2,1H3,(H,19,23). The summed E-state index contributed by atoms with van der Waals surface area (Å²) < 4.78 is 7.14. The second-order valence-electron chi connectivity index (χ2n) is 5.17. The lowest BCUT2D eigenvalue weighted by atomic mass is 10.2. The van der Waals surface area contributed by atoms with Gasteiger partial charge in [0.1, 0.15) is 5.75 Å². The van der Waals surface area contributed by atoms with Crippen LogP contribution in [-0.2, 0) is 6.54 Å². The van der Waals surface area contributed by atoms with Crippen molar-refractivity contribution >= 4 is 11.6 Å². The minimum Gasteiger partial charge on any atom is -0.492 e. The lowest BCUT2D eigenvalue weighted by Gasteiger charge is -2.09. The van der Waals surface area contributed by atoms with Gasteiger partial charge >= 0.3 is 0 Å². The largest absolute Gasteiger partial charge is 0.492 e. The summed E-state index contributed by atoms with van der Waals surface area (Å²) in [6.07, 6.45) is 1.63. The van der Waals surface area contributed by atoms with E-state index in [1.54, 1.807) is 16.9 Å². The first-order chi connectivity index (χ1) is 11.8. The number of amides is 1. The van der Waals surface area contributed by atoms with Crippen LogP contribution in [-0.4, -0.2) is 27.5 Å². The van der Waals surface area contributed by atoms with Crippen LogP contribution in [0.15, 0.2) is 60.8 Å². The maximum absolute atomic E-state index is 12.4. The van der Waals surface area contributed by atoms with Gasteiger partial charge in [-0.2, -0.15) is 0 Å². The highest BCUT2D eigenvalue weighted by Crippen LogP contribution is 2.24. The molecule has 0 aliphatic heterocycles. The second kappa shape index (κ2) is 7.41. The third kappa shape index (κ3) is 3.78. The molecule has 0 saturated heterocycles. The van der Waals surface area contributed by atoms with Gasteiger partial charge in [-0.05, 0) is 24.6 Å². The summed E-state index contributed by atoms with van der Waals surface area (Å²) in [5.41, 5.74) is 1.97. The van der Waals surface area contributed by atoms with Crippen LogP contribution < -0.4 is 10.1 Å². The van der Waals surface area contributed by atoms with Gasteiger partial charge in [-0.15, -0.1) is 5.10 Å². The van der Waals surface area contributed by atoms with E-state index in [0.717, 1.165) is 5.56 Å². The first-order valence-corrected chi connectivity index (χ1v) is 7.73. The maximum Gasteiger partial charge on any atom is 0.277 e. The molecular weight excluding hydrogens is 304 g/mol. The van der Waals surface area contributed by atoms with E-state index in [0.29, 0.717) is 24.6 Å². The molecule has 3 aromatic rings. The third-order valence-corrected chi connectivity index (χ3v) is 3.39. The Bertz CT molecular complexity index is 815. The van der Waals surface area contributed by atoms with E-state index in [-0.39, 0.29) is 11.6 Å². The second-order valence-corrected chi connectivity index (χ2v) is 5.17. The lowest BCUT2D eigenvalue weighted by Crippen LogP contribution is -2.13. The normalized spacial score (nSPS) is 10.4. The zero-order valence-corrected chi connectivity index (χ0v) is 13.3. The molecule has 1 N–H and O–H groups in total. The molecule has 0 fully saturated rings. The van der Waals surface area contributed by atoms with E-state index in [4.69, 9.17) is 4.74 Å². The SMILES string of the molecule is CCOc1ccccc1NC(=O)c1cn(Cc2ccccc2)nn1. The van der Waals surface area contributed by atoms with Crippen molar-refractivity contribution in [2.45, 2.75) is 13.5 Å². The molecule has 0 atom stereocenters. The van der Waals surface area contributed by atoms with Crippen LogP contribution in [0.1, 0.15) is 23.0 Å². The number of nitrogens with zero attached hydrogens (tertiary/aromatic N) is 3. The molecule has 0 bridgehead atoms. The van der Waals surface area contributed by atoms with Crippen molar-refractivity contribution in [3.8, 4) is 5.75 Å². The highest BCUT2D eigenvalue weighted by atomic mass is 16.5. The molecule has 122 valence electrons. The van der Waals surface area contributed by atoms with Crippen LogP contribution in [0.4, 0.5) is 5.69 Å². The van der Waals surface area contributed by atoms with Gasteiger partial charge in [0.05, 0.1) is 25.0 Å². The molecule has 6 nitrogen and oxygen atoms in total. The van der Waals surface area contributed by atoms with Gasteiger partial charge in [-0.3, -0.25) is 4.79 Å². The number of carbonyl (C=O) groups excluding carboxylic acids is 1. The van der Waals surface area contributed by atoms with Crippen LogP contribution in [0.3, 0.4) is 0 Å². The van der Waals surface area contributed by atoms with E-state index >= 15 is 0 Å². The fraction of sp³-hybridized carbons (Fsp3) is 0.167. The average molecular weight is 322 g/mol. The first kappa shape index (κ1) is 15.7. The van der Waals surface area contributed by atoms with Gasteiger partial charge < -0.3 is 10.1 Å². The van der Waals surface area contributed by atoms with Crippen molar-refractivity contribution in [1.82, 2.24) is 15.0 Å². The van der Waals surface area contributed by atoms with Crippen molar-refractivity contribution in [2.24, 2.45) is 0 Å². The van der Waals surface area contributed by atoms with Crippen molar-refractivity contribution in [1.29, 1.82) is 0 Å². The van der Waals surface area contributed by atoms with E-state index in [2.05, 4.69) is 15.6 Å². The number of rotatable bonds is 6. The molecule has 1 aromatic heterocycles. The van der Waals surface area contributed by atoms with Crippen LogP contribution in [0, 0.1) is 0 Å². The summed E-state index contributed by atoms with van der Waals surface area (Å²) in [5, 5.41) is 10.8. The number of para-hydroxylation sites is 2. The number of hydrogen-bond acceptors (Lipinski definition) is 4. The number of benzene rings is 2. The lowest BCUT2D eigenvalue weighted by molar-refractivity contribution is 0.102. The van der Waals surface area contributed by atoms with Crippen molar-refractivity contribution in [3.05, 3.63) is 72.1 Å². The van der Waals surface area contributed by atoms with Gasteiger partial charge in [-0.25, -0.2) is 4.68 Å². The van der Waals surface area contributed by atoms with Crippen LogP contribution in [0.2, 0.25) is 0 Å². The molecule has 2 aromatic carbocycles. The van der Waals surface area contributed by atoms with Gasteiger partial charge in [0, 0.05) is 0 Å². The predicted octanol–water partition coefficient (Wildman–Crippen LogP) is 2.98. The number of hydrogen-bond donors (Lipinski definition) is 1. The van der Waals surface area contributed by atoms with Crippen LogP contribution >= 0.6 is 0 Å². The molecule has 1 heterocycles. The summed E-state index contributed by atoms with van der Waals surface area (Å²) in [7, 11) is 0. The topological polar surface area (TPSA) is 69.0 Å². The van der Waals surface area contributed by atoms with Gasteiger partial charge in [-0.1, -0.05) is 47.7 Å². The minimum absolute atomic E-state index is 0.261. The summed E-state index contributed by atoms with van der Waals surface area (Å²) in [5.74, 6) is 0.312. The first-order valence-electron chi connectivity index (χ1n) is 7.73. The predicted molar refractivity (Wildman–Crippen MR) is 91.1 cm³/mol. The zero-order chi connectivity index (χ0) is 16.8. The Kier molecular flexibility index (Phi) is 4.86. The fourth-order valence-corrected chi connectivity index (χ4v) is 2.29. The Hall–Kier alpha value is -3.15. The van der Waals surface area contributed by atoms with Crippen molar-refractivity contribution in [2.75, 3.05) is 11.9 Å². The summed E-state index contributed by atoms with van der Waals surface area (Å²) in [6.45, 7) is 2.99. The highest BCUT2D eigenvalue weighted by Gasteiger charge is 2.13. The molecule has 0 saturated carbocycles. The van der Waals surface area contributed by atoms with Crippen molar-refractivity contribution in [3.63, 3.8) is 0 Å². The molecule has 0 aliphatic carbocycles. The summed E-state index contributed by atoms with van der Waals surface area (Å²) in [6, 6.07) is 17.2. The van der Waals surface area contributed by atoms with Crippen LogP contribution in [0.25, 0.3) is 0 Å². The fourth-order valence-electron chi connectivity index (χ4n) is 2.29.